The van der Waals surface area contributed by atoms with Crippen LogP contribution in [0.25, 0.3) is 0 Å². The molecule has 98 valence electrons. The number of carbonyl (C=O) groups is 2. The lowest BCUT2D eigenvalue weighted by atomic mass is 9.84. The van der Waals surface area contributed by atoms with Gasteiger partial charge in [-0.05, 0) is 13.8 Å². The van der Waals surface area contributed by atoms with Crippen LogP contribution in [-0.4, -0.2) is 56.1 Å². The standard InChI is InChI=1S/C11H21N3O3/c1-4-13-9(15)5-14(3)10(16)11(2)7-17-6-8(11)12/h8H,4-7,12H2,1-3H3,(H,13,15). The Morgan fingerprint density at radius 3 is 2.71 bits per heavy atom. The van der Waals surface area contributed by atoms with Gasteiger partial charge in [-0.25, -0.2) is 0 Å². The molecule has 2 unspecified atom stereocenters. The van der Waals surface area contributed by atoms with Crippen molar-refractivity contribution >= 4 is 11.8 Å². The molecule has 0 radical (unpaired) electrons. The first-order chi connectivity index (χ1) is 7.91. The molecule has 1 aliphatic heterocycles. The normalized spacial score (nSPS) is 27.9. The zero-order chi connectivity index (χ0) is 13.1. The molecule has 6 heteroatoms. The summed E-state index contributed by atoms with van der Waals surface area (Å²) in [4.78, 5) is 25.0. The van der Waals surface area contributed by atoms with Crippen LogP contribution in [0.3, 0.4) is 0 Å². The lowest BCUT2D eigenvalue weighted by molar-refractivity contribution is -0.143. The fraction of sp³-hybridized carbons (Fsp3) is 0.818. The quantitative estimate of drug-likeness (QED) is 0.659. The number of hydrogen-bond donors (Lipinski definition) is 2. The highest BCUT2D eigenvalue weighted by molar-refractivity contribution is 5.88. The average Bonchev–Trinajstić information content (AvgIpc) is 2.59. The topological polar surface area (TPSA) is 84.7 Å². The van der Waals surface area contributed by atoms with Crippen molar-refractivity contribution in [1.82, 2.24) is 10.2 Å². The summed E-state index contributed by atoms with van der Waals surface area (Å²) in [7, 11) is 1.61. The molecule has 6 nitrogen and oxygen atoms in total. The largest absolute Gasteiger partial charge is 0.379 e. The number of carbonyl (C=O) groups excluding carboxylic acids is 2. The van der Waals surface area contributed by atoms with Crippen LogP contribution in [0.5, 0.6) is 0 Å². The van der Waals surface area contributed by atoms with E-state index >= 15 is 0 Å². The summed E-state index contributed by atoms with van der Waals surface area (Å²) in [6, 6.07) is -0.313. The Kier molecular flexibility index (Phi) is 4.47. The van der Waals surface area contributed by atoms with Crippen molar-refractivity contribution < 1.29 is 14.3 Å². The van der Waals surface area contributed by atoms with Crippen molar-refractivity contribution in [3.05, 3.63) is 0 Å². The first kappa shape index (κ1) is 13.9. The molecular weight excluding hydrogens is 222 g/mol. The molecule has 1 heterocycles. The van der Waals surface area contributed by atoms with Gasteiger partial charge in [-0.2, -0.15) is 0 Å². The number of amides is 2. The molecule has 17 heavy (non-hydrogen) atoms. The van der Waals surface area contributed by atoms with Crippen LogP contribution in [0.1, 0.15) is 13.8 Å². The second kappa shape index (κ2) is 5.46. The van der Waals surface area contributed by atoms with Crippen molar-refractivity contribution in [2.45, 2.75) is 19.9 Å². The van der Waals surface area contributed by atoms with Gasteiger partial charge in [0.05, 0.1) is 25.2 Å². The number of likely N-dealkylation sites (N-methyl/N-ethyl adjacent to an activating group) is 2. The Hall–Kier alpha value is -1.14. The molecular formula is C11H21N3O3. The van der Waals surface area contributed by atoms with Gasteiger partial charge in [0.2, 0.25) is 11.8 Å². The maximum atomic E-state index is 12.2. The second-order valence-corrected chi connectivity index (χ2v) is 4.65. The molecule has 0 bridgehead atoms. The van der Waals surface area contributed by atoms with Crippen LogP contribution < -0.4 is 11.1 Å². The number of nitrogens with one attached hydrogen (secondary N) is 1. The van der Waals surface area contributed by atoms with Crippen LogP contribution in [0, 0.1) is 5.41 Å². The third kappa shape index (κ3) is 2.95. The monoisotopic (exact) mass is 243 g/mol. The third-order valence-corrected chi connectivity index (χ3v) is 3.11. The van der Waals surface area contributed by atoms with Crippen molar-refractivity contribution in [3.8, 4) is 0 Å². The van der Waals surface area contributed by atoms with Crippen LogP contribution >= 0.6 is 0 Å². The number of rotatable bonds is 4. The van der Waals surface area contributed by atoms with Crippen molar-refractivity contribution in [3.63, 3.8) is 0 Å². The number of ether oxygens (including phenoxy) is 1. The number of nitrogens with zero attached hydrogens (tertiary/aromatic N) is 1. The Morgan fingerprint density at radius 2 is 2.24 bits per heavy atom. The third-order valence-electron chi connectivity index (χ3n) is 3.11. The van der Waals surface area contributed by atoms with Crippen LogP contribution in [0.15, 0.2) is 0 Å². The predicted octanol–water partition coefficient (Wildman–Crippen LogP) is -1.06. The predicted molar refractivity (Wildman–Crippen MR) is 63.2 cm³/mol. The van der Waals surface area contributed by atoms with Gasteiger partial charge in [-0.15, -0.1) is 0 Å². The van der Waals surface area contributed by atoms with E-state index in [2.05, 4.69) is 5.32 Å². The summed E-state index contributed by atoms with van der Waals surface area (Å²) in [6.07, 6.45) is 0. The minimum absolute atomic E-state index is 0.0506. The van der Waals surface area contributed by atoms with Gasteiger partial charge in [0.1, 0.15) is 0 Å². The van der Waals surface area contributed by atoms with E-state index in [0.717, 1.165) is 0 Å². The molecule has 1 rings (SSSR count). The summed E-state index contributed by atoms with van der Waals surface area (Å²) in [5.41, 5.74) is 5.15. The number of nitrogens with two attached hydrogens (primary N) is 1. The molecule has 0 aromatic heterocycles. The molecule has 1 aliphatic rings. The van der Waals surface area contributed by atoms with E-state index in [-0.39, 0.29) is 24.4 Å². The van der Waals surface area contributed by atoms with Gasteiger partial charge < -0.3 is 20.7 Å². The fourth-order valence-electron chi connectivity index (χ4n) is 1.89. The van der Waals surface area contributed by atoms with E-state index in [0.29, 0.717) is 19.8 Å². The smallest absolute Gasteiger partial charge is 0.239 e. The zero-order valence-corrected chi connectivity index (χ0v) is 10.7. The Bertz CT molecular complexity index is 308. The van der Waals surface area contributed by atoms with E-state index in [1.54, 1.807) is 14.0 Å². The van der Waals surface area contributed by atoms with E-state index in [4.69, 9.17) is 10.5 Å². The van der Waals surface area contributed by atoms with Crippen molar-refractivity contribution in [1.29, 1.82) is 0 Å². The lowest BCUT2D eigenvalue weighted by Gasteiger charge is -2.30. The molecule has 3 N–H and O–H groups in total. The van der Waals surface area contributed by atoms with Gasteiger partial charge in [0, 0.05) is 19.6 Å². The first-order valence-electron chi connectivity index (χ1n) is 5.77. The van der Waals surface area contributed by atoms with Crippen LogP contribution in [0.2, 0.25) is 0 Å². The maximum absolute atomic E-state index is 12.2. The lowest BCUT2D eigenvalue weighted by Crippen LogP contribution is -2.52. The minimum atomic E-state index is -0.721. The average molecular weight is 243 g/mol. The SMILES string of the molecule is CCNC(=O)CN(C)C(=O)C1(C)COCC1N. The molecule has 1 fully saturated rings. The summed E-state index contributed by atoms with van der Waals surface area (Å²) in [5, 5.41) is 2.65. The molecule has 0 saturated carbocycles. The van der Waals surface area contributed by atoms with E-state index in [1.165, 1.54) is 4.90 Å². The van der Waals surface area contributed by atoms with Crippen molar-refractivity contribution in [2.75, 3.05) is 33.4 Å². The molecule has 0 spiro atoms. The fourth-order valence-corrected chi connectivity index (χ4v) is 1.89. The Morgan fingerprint density at radius 1 is 1.59 bits per heavy atom. The van der Waals surface area contributed by atoms with Gasteiger partial charge in [0.15, 0.2) is 0 Å². The van der Waals surface area contributed by atoms with Gasteiger partial charge in [0.25, 0.3) is 0 Å². The second-order valence-electron chi connectivity index (χ2n) is 4.65. The minimum Gasteiger partial charge on any atom is -0.379 e. The Balaban J connectivity index is 2.60. The van der Waals surface area contributed by atoms with Gasteiger partial charge in [-0.1, -0.05) is 0 Å². The van der Waals surface area contributed by atoms with Crippen LogP contribution in [-0.2, 0) is 14.3 Å². The van der Waals surface area contributed by atoms with E-state index < -0.39 is 5.41 Å². The molecule has 1 saturated heterocycles. The van der Waals surface area contributed by atoms with Crippen molar-refractivity contribution in [2.24, 2.45) is 11.1 Å². The summed E-state index contributed by atoms with van der Waals surface area (Å²) >= 11 is 0. The maximum Gasteiger partial charge on any atom is 0.239 e. The molecule has 0 aliphatic carbocycles. The highest BCUT2D eigenvalue weighted by atomic mass is 16.5. The summed E-state index contributed by atoms with van der Waals surface area (Å²) < 4.78 is 5.22. The van der Waals surface area contributed by atoms with Crippen LogP contribution in [0.4, 0.5) is 0 Å². The molecule has 0 aromatic carbocycles. The highest BCUT2D eigenvalue weighted by Crippen LogP contribution is 2.28. The van der Waals surface area contributed by atoms with Gasteiger partial charge in [-0.3, -0.25) is 9.59 Å². The first-order valence-corrected chi connectivity index (χ1v) is 5.77. The highest BCUT2D eigenvalue weighted by Gasteiger charge is 2.45. The molecule has 0 aromatic rings. The van der Waals surface area contributed by atoms with Gasteiger partial charge >= 0.3 is 0 Å². The van der Waals surface area contributed by atoms with E-state index in [1.807, 2.05) is 6.92 Å². The van der Waals surface area contributed by atoms with E-state index in [9.17, 15) is 9.59 Å². The summed E-state index contributed by atoms with van der Waals surface area (Å²) in [5.74, 6) is -0.312. The summed E-state index contributed by atoms with van der Waals surface area (Å²) in [6.45, 7) is 4.92. The molecule has 2 atom stereocenters. The zero-order valence-electron chi connectivity index (χ0n) is 10.7. The number of hydrogen-bond acceptors (Lipinski definition) is 4. The molecule has 2 amide bonds. The Labute approximate surface area is 101 Å².